The van der Waals surface area contributed by atoms with Crippen LogP contribution in [0.1, 0.15) is 50.4 Å². The van der Waals surface area contributed by atoms with Gasteiger partial charge in [0.15, 0.2) is 0 Å². The Balaban J connectivity index is 1.96. The van der Waals surface area contributed by atoms with Crippen LogP contribution >= 0.6 is 11.6 Å². The zero-order chi connectivity index (χ0) is 19.3. The summed E-state index contributed by atoms with van der Waals surface area (Å²) in [6.07, 6.45) is 1.62. The summed E-state index contributed by atoms with van der Waals surface area (Å²) in [5.41, 5.74) is 4.48. The van der Waals surface area contributed by atoms with E-state index in [1.54, 1.807) is 45.0 Å². The van der Waals surface area contributed by atoms with E-state index in [0.717, 1.165) is 12.8 Å². The Morgan fingerprint density at radius 2 is 1.77 bits per heavy atom. The Kier molecular flexibility index (Phi) is 6.47. The fourth-order valence-electron chi connectivity index (χ4n) is 2.62. The van der Waals surface area contributed by atoms with Gasteiger partial charge in [-0.05, 0) is 64.3 Å². The SMILES string of the molecule is CC(C)(C)OC(=O)N1CCCCC1C(=O)NNC(=O)c1ccc(Cl)cc1. The molecule has 8 heteroatoms. The quantitative estimate of drug-likeness (QED) is 0.771. The average molecular weight is 382 g/mol. The molecule has 2 N–H and O–H groups in total. The van der Waals surface area contributed by atoms with Crippen LogP contribution in [0.3, 0.4) is 0 Å². The van der Waals surface area contributed by atoms with Crippen LogP contribution in [0, 0.1) is 0 Å². The third-order valence-electron chi connectivity index (χ3n) is 3.84. The first kappa shape index (κ1) is 20.0. The summed E-state index contributed by atoms with van der Waals surface area (Å²) in [6, 6.07) is 5.60. The molecule has 1 aliphatic heterocycles. The molecule has 0 bridgehead atoms. The Morgan fingerprint density at radius 1 is 1.12 bits per heavy atom. The van der Waals surface area contributed by atoms with E-state index in [-0.39, 0.29) is 0 Å². The lowest BCUT2D eigenvalue weighted by molar-refractivity contribution is -0.128. The Hall–Kier alpha value is -2.28. The van der Waals surface area contributed by atoms with Crippen molar-refractivity contribution >= 4 is 29.5 Å². The lowest BCUT2D eigenvalue weighted by atomic mass is 10.0. The molecule has 1 aliphatic rings. The number of halogens is 1. The molecule has 3 amide bonds. The predicted octanol–water partition coefficient (Wildman–Crippen LogP) is 2.89. The lowest BCUT2D eigenvalue weighted by Gasteiger charge is -2.35. The zero-order valence-corrected chi connectivity index (χ0v) is 15.9. The first-order valence-electron chi connectivity index (χ1n) is 8.53. The highest BCUT2D eigenvalue weighted by atomic mass is 35.5. The molecular formula is C18H24ClN3O4. The van der Waals surface area contributed by atoms with Gasteiger partial charge in [0, 0.05) is 17.1 Å². The van der Waals surface area contributed by atoms with Gasteiger partial charge in [0.25, 0.3) is 11.8 Å². The first-order valence-corrected chi connectivity index (χ1v) is 8.90. The molecule has 0 saturated carbocycles. The molecule has 7 nitrogen and oxygen atoms in total. The Morgan fingerprint density at radius 3 is 2.38 bits per heavy atom. The minimum Gasteiger partial charge on any atom is -0.444 e. The summed E-state index contributed by atoms with van der Waals surface area (Å²) in [5.74, 6) is -0.910. The van der Waals surface area contributed by atoms with Gasteiger partial charge < -0.3 is 4.74 Å². The standard InChI is InChI=1S/C18H24ClN3O4/c1-18(2,3)26-17(25)22-11-5-4-6-14(22)16(24)21-20-15(23)12-7-9-13(19)10-8-12/h7-10,14H,4-6,11H2,1-3H3,(H,20,23)(H,21,24). The molecule has 1 saturated heterocycles. The summed E-state index contributed by atoms with van der Waals surface area (Å²) >= 11 is 5.79. The van der Waals surface area contributed by atoms with Crippen LogP contribution in [0.25, 0.3) is 0 Å². The van der Waals surface area contributed by atoms with Gasteiger partial charge in [-0.25, -0.2) is 4.79 Å². The van der Waals surface area contributed by atoms with E-state index < -0.39 is 29.6 Å². The molecule has 1 aromatic carbocycles. The molecule has 26 heavy (non-hydrogen) atoms. The van der Waals surface area contributed by atoms with Gasteiger partial charge in [-0.2, -0.15) is 0 Å². The van der Waals surface area contributed by atoms with Gasteiger partial charge in [0.05, 0.1) is 0 Å². The summed E-state index contributed by atoms with van der Waals surface area (Å²) in [6.45, 7) is 5.76. The molecule has 1 unspecified atom stereocenters. The number of hydrazine groups is 1. The minimum absolute atomic E-state index is 0.363. The van der Waals surface area contributed by atoms with Crippen LogP contribution in [0.5, 0.6) is 0 Å². The van der Waals surface area contributed by atoms with Crippen molar-refractivity contribution in [2.45, 2.75) is 51.7 Å². The molecule has 1 heterocycles. The first-order chi connectivity index (χ1) is 12.2. The van der Waals surface area contributed by atoms with Crippen molar-refractivity contribution in [2.75, 3.05) is 6.54 Å². The highest BCUT2D eigenvalue weighted by Crippen LogP contribution is 2.20. The topological polar surface area (TPSA) is 87.7 Å². The summed E-state index contributed by atoms with van der Waals surface area (Å²) in [5, 5.41) is 0.515. The number of carbonyl (C=O) groups is 3. The molecule has 1 fully saturated rings. The van der Waals surface area contributed by atoms with Crippen LogP contribution in [0.4, 0.5) is 4.79 Å². The number of carbonyl (C=O) groups excluding carboxylic acids is 3. The number of likely N-dealkylation sites (tertiary alicyclic amines) is 1. The molecule has 0 aliphatic carbocycles. The number of benzene rings is 1. The lowest BCUT2D eigenvalue weighted by Crippen LogP contribution is -2.56. The van der Waals surface area contributed by atoms with Gasteiger partial charge >= 0.3 is 6.09 Å². The predicted molar refractivity (Wildman–Crippen MR) is 97.6 cm³/mol. The summed E-state index contributed by atoms with van der Waals surface area (Å²) < 4.78 is 5.37. The maximum Gasteiger partial charge on any atom is 0.410 e. The number of hydrogen-bond acceptors (Lipinski definition) is 4. The van der Waals surface area contributed by atoms with E-state index in [4.69, 9.17) is 16.3 Å². The van der Waals surface area contributed by atoms with Crippen molar-refractivity contribution in [3.63, 3.8) is 0 Å². The monoisotopic (exact) mass is 381 g/mol. The molecular weight excluding hydrogens is 358 g/mol. The van der Waals surface area contributed by atoms with Gasteiger partial charge in [0.1, 0.15) is 11.6 Å². The number of rotatable bonds is 2. The number of amides is 3. The van der Waals surface area contributed by atoms with Crippen LogP contribution in [0.2, 0.25) is 5.02 Å². The second-order valence-electron chi connectivity index (χ2n) is 7.14. The van der Waals surface area contributed by atoms with Gasteiger partial charge in [-0.15, -0.1) is 0 Å². The fraction of sp³-hybridized carbons (Fsp3) is 0.500. The molecule has 2 rings (SSSR count). The van der Waals surface area contributed by atoms with Crippen LogP contribution < -0.4 is 10.9 Å². The average Bonchev–Trinajstić information content (AvgIpc) is 2.58. The van der Waals surface area contributed by atoms with Crippen molar-refractivity contribution in [3.05, 3.63) is 34.9 Å². The summed E-state index contributed by atoms with van der Waals surface area (Å²) in [7, 11) is 0. The van der Waals surface area contributed by atoms with Crippen molar-refractivity contribution in [3.8, 4) is 0 Å². The Bertz CT molecular complexity index is 670. The van der Waals surface area contributed by atoms with Crippen LogP contribution in [0.15, 0.2) is 24.3 Å². The normalized spacial score (nSPS) is 17.4. The van der Waals surface area contributed by atoms with E-state index in [2.05, 4.69) is 10.9 Å². The molecule has 0 spiro atoms. The Labute approximate surface area is 158 Å². The molecule has 1 aromatic rings. The van der Waals surface area contributed by atoms with E-state index in [0.29, 0.717) is 23.6 Å². The second-order valence-corrected chi connectivity index (χ2v) is 7.57. The second kappa shape index (κ2) is 8.40. The van der Waals surface area contributed by atoms with Gasteiger partial charge in [-0.1, -0.05) is 11.6 Å². The maximum atomic E-state index is 12.5. The van der Waals surface area contributed by atoms with E-state index >= 15 is 0 Å². The number of hydrogen-bond donors (Lipinski definition) is 2. The largest absolute Gasteiger partial charge is 0.444 e. The van der Waals surface area contributed by atoms with E-state index in [1.807, 2.05) is 0 Å². The number of nitrogens with zero attached hydrogens (tertiary/aromatic N) is 1. The smallest absolute Gasteiger partial charge is 0.410 e. The summed E-state index contributed by atoms with van der Waals surface area (Å²) in [4.78, 5) is 38.3. The van der Waals surface area contributed by atoms with Crippen molar-refractivity contribution in [2.24, 2.45) is 0 Å². The number of piperidine rings is 1. The fourth-order valence-corrected chi connectivity index (χ4v) is 2.74. The third-order valence-corrected chi connectivity index (χ3v) is 4.09. The van der Waals surface area contributed by atoms with E-state index in [1.165, 1.54) is 4.90 Å². The van der Waals surface area contributed by atoms with Crippen molar-refractivity contribution < 1.29 is 19.1 Å². The van der Waals surface area contributed by atoms with E-state index in [9.17, 15) is 14.4 Å². The number of nitrogens with one attached hydrogen (secondary N) is 2. The van der Waals surface area contributed by atoms with Crippen LogP contribution in [-0.4, -0.2) is 41.0 Å². The highest BCUT2D eigenvalue weighted by Gasteiger charge is 2.35. The minimum atomic E-state index is -0.677. The van der Waals surface area contributed by atoms with Gasteiger partial charge in [-0.3, -0.25) is 25.3 Å². The molecule has 1 atom stereocenters. The highest BCUT2D eigenvalue weighted by molar-refractivity contribution is 6.30. The van der Waals surface area contributed by atoms with Crippen molar-refractivity contribution in [1.29, 1.82) is 0 Å². The molecule has 0 radical (unpaired) electrons. The third kappa shape index (κ3) is 5.62. The molecule has 142 valence electrons. The van der Waals surface area contributed by atoms with Crippen molar-refractivity contribution in [1.82, 2.24) is 15.8 Å². The maximum absolute atomic E-state index is 12.5. The molecule has 0 aromatic heterocycles. The zero-order valence-electron chi connectivity index (χ0n) is 15.2. The van der Waals surface area contributed by atoms with Crippen LogP contribution in [-0.2, 0) is 9.53 Å². The van der Waals surface area contributed by atoms with Gasteiger partial charge in [0.2, 0.25) is 0 Å². The number of ether oxygens (including phenoxy) is 1.